The Kier molecular flexibility index (Phi) is 5.88. The molecule has 4 N–H and O–H groups in total. The maximum Gasteiger partial charge on any atom is 0.305 e. The van der Waals surface area contributed by atoms with Crippen LogP contribution < -0.4 is 21.1 Å². The summed E-state index contributed by atoms with van der Waals surface area (Å²) in [5.74, 6) is 0.117. The molecule has 6 nitrogen and oxygen atoms in total. The number of carbonyl (C=O) groups is 1. The summed E-state index contributed by atoms with van der Waals surface area (Å²) in [7, 11) is 3.98. The summed E-state index contributed by atoms with van der Waals surface area (Å²) in [6.45, 7) is 2.35. The Bertz CT molecular complexity index is 745. The summed E-state index contributed by atoms with van der Waals surface area (Å²) < 4.78 is 18.9. The standard InChI is InChI=1S/C16H19FN4O2S/c1-10-4-5-11(8-13(10)17)18-16(24)20-19-15(22)14-7-6-12(23-14)9-21(2)3/h4-8H,9H2,1-3H3,(H,19,22)(H2,18,20,24)/p+1. The van der Waals surface area contributed by atoms with E-state index in [4.69, 9.17) is 16.6 Å². The van der Waals surface area contributed by atoms with Gasteiger partial charge in [-0.05, 0) is 49.0 Å². The highest BCUT2D eigenvalue weighted by atomic mass is 32.1. The van der Waals surface area contributed by atoms with Crippen molar-refractivity contribution in [3.63, 3.8) is 0 Å². The molecule has 0 bridgehead atoms. The number of nitrogens with one attached hydrogen (secondary N) is 4. The minimum absolute atomic E-state index is 0.135. The number of hydrogen-bond acceptors (Lipinski definition) is 3. The lowest BCUT2D eigenvalue weighted by atomic mass is 10.2. The van der Waals surface area contributed by atoms with Gasteiger partial charge < -0.3 is 14.6 Å². The van der Waals surface area contributed by atoms with E-state index in [1.54, 1.807) is 31.2 Å². The van der Waals surface area contributed by atoms with Crippen LogP contribution in [-0.4, -0.2) is 25.1 Å². The minimum Gasteiger partial charge on any atom is -0.450 e. The van der Waals surface area contributed by atoms with Gasteiger partial charge in [-0.3, -0.25) is 15.6 Å². The van der Waals surface area contributed by atoms with E-state index in [1.165, 1.54) is 11.0 Å². The van der Waals surface area contributed by atoms with Crippen LogP contribution in [0.2, 0.25) is 0 Å². The maximum atomic E-state index is 13.5. The molecule has 0 aliphatic heterocycles. The molecule has 0 radical (unpaired) electrons. The van der Waals surface area contributed by atoms with Crippen molar-refractivity contribution in [2.24, 2.45) is 0 Å². The van der Waals surface area contributed by atoms with E-state index < -0.39 is 5.91 Å². The van der Waals surface area contributed by atoms with Gasteiger partial charge in [-0.15, -0.1) is 0 Å². The van der Waals surface area contributed by atoms with Crippen LogP contribution in [0.3, 0.4) is 0 Å². The number of hydrogen-bond donors (Lipinski definition) is 4. The monoisotopic (exact) mass is 351 g/mol. The van der Waals surface area contributed by atoms with Crippen LogP contribution >= 0.6 is 12.2 Å². The first-order valence-electron chi connectivity index (χ1n) is 7.36. The average molecular weight is 351 g/mol. The van der Waals surface area contributed by atoms with Gasteiger partial charge in [0.25, 0.3) is 0 Å². The van der Waals surface area contributed by atoms with Crippen molar-refractivity contribution < 1.29 is 18.5 Å². The lowest BCUT2D eigenvalue weighted by Gasteiger charge is -2.11. The molecule has 0 spiro atoms. The Labute approximate surface area is 145 Å². The highest BCUT2D eigenvalue weighted by molar-refractivity contribution is 7.80. The third-order valence-electron chi connectivity index (χ3n) is 3.13. The van der Waals surface area contributed by atoms with E-state index in [2.05, 4.69) is 16.2 Å². The van der Waals surface area contributed by atoms with Gasteiger partial charge in [-0.2, -0.15) is 0 Å². The predicted molar refractivity (Wildman–Crippen MR) is 93.2 cm³/mol. The number of aryl methyl sites for hydroxylation is 1. The van der Waals surface area contributed by atoms with Gasteiger partial charge in [0.1, 0.15) is 12.4 Å². The van der Waals surface area contributed by atoms with Crippen molar-refractivity contribution in [2.75, 3.05) is 19.4 Å². The summed E-state index contributed by atoms with van der Waals surface area (Å²) in [5, 5.41) is 2.92. The molecular formula is C16H20FN4O2S+. The topological polar surface area (TPSA) is 70.7 Å². The molecule has 0 aliphatic rings. The van der Waals surface area contributed by atoms with Crippen molar-refractivity contribution in [3.8, 4) is 0 Å². The third-order valence-corrected chi connectivity index (χ3v) is 3.34. The maximum absolute atomic E-state index is 13.5. The van der Waals surface area contributed by atoms with Crippen molar-refractivity contribution in [1.82, 2.24) is 10.9 Å². The molecule has 0 aliphatic carbocycles. The van der Waals surface area contributed by atoms with Crippen molar-refractivity contribution in [2.45, 2.75) is 13.5 Å². The fourth-order valence-corrected chi connectivity index (χ4v) is 2.12. The molecule has 1 aromatic carbocycles. The van der Waals surface area contributed by atoms with E-state index in [1.807, 2.05) is 14.1 Å². The second-order valence-corrected chi connectivity index (χ2v) is 6.06. The van der Waals surface area contributed by atoms with Crippen LogP contribution in [0.15, 0.2) is 34.7 Å². The van der Waals surface area contributed by atoms with E-state index in [9.17, 15) is 9.18 Å². The van der Waals surface area contributed by atoms with Crippen molar-refractivity contribution >= 4 is 28.9 Å². The number of rotatable bonds is 4. The summed E-state index contributed by atoms with van der Waals surface area (Å²) in [6.07, 6.45) is 0. The molecule has 2 rings (SSSR count). The van der Waals surface area contributed by atoms with Gasteiger partial charge >= 0.3 is 5.91 Å². The Balaban J connectivity index is 1.85. The molecule has 0 saturated carbocycles. The van der Waals surface area contributed by atoms with Gasteiger partial charge in [0, 0.05) is 5.69 Å². The first-order valence-corrected chi connectivity index (χ1v) is 7.77. The summed E-state index contributed by atoms with van der Waals surface area (Å²) >= 11 is 5.05. The molecule has 0 atom stereocenters. The molecule has 0 saturated heterocycles. The highest BCUT2D eigenvalue weighted by Crippen LogP contribution is 2.13. The van der Waals surface area contributed by atoms with Gasteiger partial charge in [0.15, 0.2) is 16.6 Å². The van der Waals surface area contributed by atoms with Crippen LogP contribution in [0.1, 0.15) is 21.9 Å². The zero-order valence-corrected chi connectivity index (χ0v) is 14.5. The van der Waals surface area contributed by atoms with Crippen molar-refractivity contribution in [3.05, 3.63) is 53.2 Å². The normalized spacial score (nSPS) is 10.5. The van der Waals surface area contributed by atoms with Crippen LogP contribution in [-0.2, 0) is 6.54 Å². The number of halogens is 1. The predicted octanol–water partition coefficient (Wildman–Crippen LogP) is 1.00. The summed E-state index contributed by atoms with van der Waals surface area (Å²) in [6, 6.07) is 8.01. The number of furan rings is 1. The lowest BCUT2D eigenvalue weighted by molar-refractivity contribution is -0.873. The lowest BCUT2D eigenvalue weighted by Crippen LogP contribution is -3.04. The number of amides is 1. The van der Waals surface area contributed by atoms with Gasteiger partial charge in [0.05, 0.1) is 14.1 Å². The summed E-state index contributed by atoms with van der Waals surface area (Å²) in [4.78, 5) is 13.2. The van der Waals surface area contributed by atoms with Crippen LogP contribution in [0, 0.1) is 12.7 Å². The molecular weight excluding hydrogens is 331 g/mol. The smallest absolute Gasteiger partial charge is 0.305 e. The Morgan fingerprint density at radius 2 is 2.00 bits per heavy atom. The molecule has 1 amide bonds. The van der Waals surface area contributed by atoms with Gasteiger partial charge in [-0.1, -0.05) is 6.07 Å². The Morgan fingerprint density at radius 3 is 2.67 bits per heavy atom. The summed E-state index contributed by atoms with van der Waals surface area (Å²) in [5.41, 5.74) is 6.00. The van der Waals surface area contributed by atoms with E-state index >= 15 is 0 Å². The number of thiocarbonyl (C=S) groups is 1. The molecule has 1 aromatic heterocycles. The van der Waals surface area contributed by atoms with Crippen molar-refractivity contribution in [1.29, 1.82) is 0 Å². The minimum atomic E-state index is -0.450. The quantitative estimate of drug-likeness (QED) is 0.489. The largest absolute Gasteiger partial charge is 0.450 e. The number of carbonyl (C=O) groups excluding carboxylic acids is 1. The second-order valence-electron chi connectivity index (χ2n) is 5.65. The molecule has 24 heavy (non-hydrogen) atoms. The molecule has 128 valence electrons. The number of anilines is 1. The fraction of sp³-hybridized carbons (Fsp3) is 0.250. The molecule has 1 heterocycles. The average Bonchev–Trinajstić information content (AvgIpc) is 2.96. The molecule has 2 aromatic rings. The molecule has 8 heteroatoms. The Hall–Kier alpha value is -2.45. The van der Waals surface area contributed by atoms with Crippen LogP contribution in [0.5, 0.6) is 0 Å². The first kappa shape index (κ1) is 17.9. The zero-order valence-electron chi connectivity index (χ0n) is 13.7. The van der Waals surface area contributed by atoms with Gasteiger partial charge in [-0.25, -0.2) is 4.39 Å². The Morgan fingerprint density at radius 1 is 1.25 bits per heavy atom. The number of hydrazine groups is 1. The van der Waals surface area contributed by atoms with E-state index in [-0.39, 0.29) is 16.7 Å². The SMILES string of the molecule is Cc1ccc(NC(=S)NNC(=O)c2ccc(C[NH+](C)C)o2)cc1F. The van der Waals surface area contributed by atoms with Crippen LogP contribution in [0.4, 0.5) is 10.1 Å². The second kappa shape index (κ2) is 7.89. The number of quaternary nitrogens is 1. The first-order chi connectivity index (χ1) is 11.3. The zero-order chi connectivity index (χ0) is 17.7. The van der Waals surface area contributed by atoms with E-state index in [0.29, 0.717) is 17.8 Å². The highest BCUT2D eigenvalue weighted by Gasteiger charge is 2.12. The van der Waals surface area contributed by atoms with Crippen LogP contribution in [0.25, 0.3) is 0 Å². The molecule has 0 unspecified atom stereocenters. The third kappa shape index (κ3) is 5.04. The van der Waals surface area contributed by atoms with E-state index in [0.717, 1.165) is 5.76 Å². The number of benzene rings is 1. The fourth-order valence-electron chi connectivity index (χ4n) is 1.95. The van der Waals surface area contributed by atoms with Gasteiger partial charge in [0.2, 0.25) is 0 Å². The molecule has 0 fully saturated rings.